The molecule has 0 aliphatic carbocycles. The largest absolute Gasteiger partial charge is 0.618 e. The number of rotatable bonds is 8. The first-order valence-corrected chi connectivity index (χ1v) is 14.0. The van der Waals surface area contributed by atoms with E-state index in [1.807, 2.05) is 54.6 Å². The number of thioether (sulfide) groups is 1. The van der Waals surface area contributed by atoms with Crippen LogP contribution in [-0.2, 0) is 27.4 Å². The molecular formula is C27H27Cl3N2O5S. The number of amides is 1. The number of carbonyl (C=O) groups is 1. The fourth-order valence-corrected chi connectivity index (χ4v) is 5.36. The molecule has 2 aromatic carbocycles. The third-order valence-electron chi connectivity index (χ3n) is 6.27. The van der Waals surface area contributed by atoms with Gasteiger partial charge in [-0.05, 0) is 22.8 Å². The van der Waals surface area contributed by atoms with Gasteiger partial charge in [0, 0.05) is 35.9 Å². The minimum Gasteiger partial charge on any atom is -0.618 e. The van der Waals surface area contributed by atoms with Gasteiger partial charge in [0.1, 0.15) is 0 Å². The Labute approximate surface area is 240 Å². The van der Waals surface area contributed by atoms with Gasteiger partial charge >= 0.3 is 0 Å². The predicted octanol–water partition coefficient (Wildman–Crippen LogP) is 5.38. The van der Waals surface area contributed by atoms with Crippen LogP contribution in [0, 0.1) is 11.1 Å². The summed E-state index contributed by atoms with van der Waals surface area (Å²) in [5.41, 5.74) is 3.41. The molecule has 0 spiro atoms. The first-order valence-electron chi connectivity index (χ1n) is 11.9. The van der Waals surface area contributed by atoms with Crippen LogP contribution in [0.1, 0.15) is 41.6 Å². The summed E-state index contributed by atoms with van der Waals surface area (Å²) in [6.45, 7) is 2.23. The van der Waals surface area contributed by atoms with Crippen molar-refractivity contribution in [3.05, 3.63) is 100 Å². The highest BCUT2D eigenvalue weighted by atomic mass is 35.6. The summed E-state index contributed by atoms with van der Waals surface area (Å²) in [4.78, 5) is 11.8. The van der Waals surface area contributed by atoms with Gasteiger partial charge in [0.2, 0.25) is 0 Å². The van der Waals surface area contributed by atoms with E-state index in [1.54, 1.807) is 12.1 Å². The molecule has 1 aliphatic rings. The van der Waals surface area contributed by atoms with Crippen molar-refractivity contribution in [2.24, 2.45) is 5.92 Å². The van der Waals surface area contributed by atoms with Crippen molar-refractivity contribution in [2.75, 3.05) is 5.75 Å². The van der Waals surface area contributed by atoms with Gasteiger partial charge in [-0.1, -0.05) is 102 Å². The lowest BCUT2D eigenvalue weighted by molar-refractivity contribution is -0.645. The van der Waals surface area contributed by atoms with Crippen molar-refractivity contribution >= 4 is 52.5 Å². The van der Waals surface area contributed by atoms with Gasteiger partial charge in [-0.25, -0.2) is 0 Å². The van der Waals surface area contributed by atoms with E-state index in [-0.39, 0.29) is 31.3 Å². The van der Waals surface area contributed by atoms with E-state index in [1.165, 1.54) is 18.0 Å². The number of aliphatic hydroxyl groups excluding tert-OH is 1. The number of hydrogen-bond acceptors (Lipinski definition) is 6. The van der Waals surface area contributed by atoms with Gasteiger partial charge in [0.15, 0.2) is 12.5 Å². The molecule has 4 unspecified atom stereocenters. The molecule has 0 bridgehead atoms. The Balaban J connectivity index is 1.52. The average Bonchev–Trinajstić information content (AvgIpc) is 2.92. The Morgan fingerprint density at radius 2 is 1.68 bits per heavy atom. The second-order valence-electron chi connectivity index (χ2n) is 8.92. The van der Waals surface area contributed by atoms with Crippen LogP contribution in [0.25, 0.3) is 0 Å². The average molecular weight is 598 g/mol. The third kappa shape index (κ3) is 7.33. The predicted molar refractivity (Wildman–Crippen MR) is 148 cm³/mol. The number of pyridine rings is 1. The molecule has 0 saturated carbocycles. The van der Waals surface area contributed by atoms with Crippen molar-refractivity contribution in [2.45, 2.75) is 47.4 Å². The molecule has 11 heteroatoms. The maximum absolute atomic E-state index is 12.1. The number of halogens is 3. The number of benzene rings is 2. The quantitative estimate of drug-likeness (QED) is 0.157. The molecule has 2 N–H and O–H groups in total. The summed E-state index contributed by atoms with van der Waals surface area (Å²) in [6, 6.07) is 20.4. The van der Waals surface area contributed by atoms with Gasteiger partial charge in [0.05, 0.1) is 18.8 Å². The second-order valence-corrected chi connectivity index (χ2v) is 12.2. The van der Waals surface area contributed by atoms with Gasteiger partial charge < -0.3 is 25.1 Å². The number of ether oxygens (including phenoxy) is 2. The van der Waals surface area contributed by atoms with E-state index in [0.29, 0.717) is 10.8 Å². The minimum atomic E-state index is -2.02. The van der Waals surface area contributed by atoms with Crippen molar-refractivity contribution in [1.29, 1.82) is 0 Å². The molecule has 0 radical (unpaired) electrons. The summed E-state index contributed by atoms with van der Waals surface area (Å²) in [6.07, 6.45) is 0.331. The maximum atomic E-state index is 12.1. The van der Waals surface area contributed by atoms with E-state index in [9.17, 15) is 15.1 Å². The van der Waals surface area contributed by atoms with Crippen molar-refractivity contribution in [3.8, 4) is 0 Å². The summed E-state index contributed by atoms with van der Waals surface area (Å²) >= 11 is 18.3. The Bertz CT molecular complexity index is 1220. The number of carbonyl (C=O) groups excluding carboxylic acids is 1. The van der Waals surface area contributed by atoms with Gasteiger partial charge in [-0.15, -0.1) is 0 Å². The summed E-state index contributed by atoms with van der Waals surface area (Å²) in [5.74, 6) is -0.161. The lowest BCUT2D eigenvalue weighted by atomic mass is 9.91. The summed E-state index contributed by atoms with van der Waals surface area (Å²) in [7, 11) is 0. The first kappa shape index (κ1) is 29.0. The molecule has 202 valence electrons. The lowest BCUT2D eigenvalue weighted by Crippen LogP contribution is -2.39. The van der Waals surface area contributed by atoms with E-state index >= 15 is 0 Å². The highest BCUT2D eigenvalue weighted by Crippen LogP contribution is 2.42. The van der Waals surface area contributed by atoms with E-state index in [4.69, 9.17) is 44.3 Å². The number of hydrogen-bond donors (Lipinski definition) is 2. The fraction of sp³-hybridized carbons (Fsp3) is 0.333. The Kier molecular flexibility index (Phi) is 9.81. The van der Waals surface area contributed by atoms with Gasteiger partial charge in [-0.3, -0.25) is 4.79 Å². The number of alkyl halides is 3. The highest BCUT2D eigenvalue weighted by molar-refractivity contribution is 7.99. The van der Waals surface area contributed by atoms with Crippen LogP contribution in [0.5, 0.6) is 0 Å². The lowest BCUT2D eigenvalue weighted by Gasteiger charge is -2.41. The fourth-order valence-electron chi connectivity index (χ4n) is 4.08. The number of aromatic nitrogens is 1. The minimum absolute atomic E-state index is 0.0149. The molecule has 2 heterocycles. The van der Waals surface area contributed by atoms with Crippen LogP contribution in [0.2, 0.25) is 0 Å². The smallest absolute Gasteiger partial charge is 0.272 e. The monoisotopic (exact) mass is 596 g/mol. The molecule has 7 nitrogen and oxygen atoms in total. The van der Waals surface area contributed by atoms with Gasteiger partial charge in [0.25, 0.3) is 14.7 Å². The first-order chi connectivity index (χ1) is 18.2. The summed E-state index contributed by atoms with van der Waals surface area (Å²) < 4.78 is 11.7. The maximum Gasteiger partial charge on any atom is 0.272 e. The SMILES string of the molecule is CC1C(CSc2cccc[n+]2[O-])OC(c2ccc(CNC(=O)C(Cl)(Cl)Cl)cc2)OC1c1ccc(CO)cc1. The number of nitrogens with one attached hydrogen (secondary N) is 1. The van der Waals surface area contributed by atoms with Crippen LogP contribution in [0.4, 0.5) is 0 Å². The highest BCUT2D eigenvalue weighted by Gasteiger charge is 2.38. The Hall–Kier alpha value is -2.04. The van der Waals surface area contributed by atoms with E-state index < -0.39 is 16.0 Å². The zero-order valence-electron chi connectivity index (χ0n) is 20.4. The topological polar surface area (TPSA) is 94.7 Å². The molecule has 1 amide bonds. The van der Waals surface area contributed by atoms with E-state index in [0.717, 1.165) is 27.0 Å². The molecule has 1 saturated heterocycles. The van der Waals surface area contributed by atoms with Crippen LogP contribution < -0.4 is 10.0 Å². The van der Waals surface area contributed by atoms with Crippen LogP contribution in [0.15, 0.2) is 78.0 Å². The molecule has 1 aliphatic heterocycles. The number of nitrogens with zero attached hydrogens (tertiary/aromatic N) is 1. The second kappa shape index (κ2) is 12.9. The van der Waals surface area contributed by atoms with Crippen molar-refractivity contribution < 1.29 is 24.1 Å². The number of aliphatic hydroxyl groups is 1. The molecule has 3 aromatic rings. The van der Waals surface area contributed by atoms with E-state index in [2.05, 4.69) is 12.2 Å². The van der Waals surface area contributed by atoms with Crippen LogP contribution >= 0.6 is 46.6 Å². The molecule has 1 fully saturated rings. The van der Waals surface area contributed by atoms with Crippen molar-refractivity contribution in [3.63, 3.8) is 0 Å². The van der Waals surface area contributed by atoms with Crippen LogP contribution in [-0.4, -0.2) is 26.7 Å². The zero-order valence-corrected chi connectivity index (χ0v) is 23.5. The zero-order chi connectivity index (χ0) is 27.3. The Morgan fingerprint density at radius 3 is 2.32 bits per heavy atom. The molecule has 4 rings (SSSR count). The molecule has 38 heavy (non-hydrogen) atoms. The summed E-state index contributed by atoms with van der Waals surface area (Å²) in [5, 5.41) is 24.8. The van der Waals surface area contributed by atoms with Crippen LogP contribution in [0.3, 0.4) is 0 Å². The standard InChI is InChI=1S/C27H27Cl3N2O5S/c1-17-22(16-38-23-4-2-3-13-32(23)35)36-25(37-24(17)20-9-7-19(15-33)8-10-20)21-11-5-18(6-12-21)14-31-26(34)27(28,29)30/h2-13,17,22,24-25,33H,14-16H2,1H3,(H,31,34). The van der Waals surface area contributed by atoms with Crippen molar-refractivity contribution in [1.82, 2.24) is 5.32 Å². The van der Waals surface area contributed by atoms with Gasteiger partial charge in [-0.2, -0.15) is 4.73 Å². The molecule has 4 atom stereocenters. The molecular weight excluding hydrogens is 571 g/mol. The molecule has 1 aromatic heterocycles. The normalized spacial score (nSPS) is 21.7. The third-order valence-corrected chi connectivity index (χ3v) is 7.89. The Morgan fingerprint density at radius 1 is 1.03 bits per heavy atom.